The van der Waals surface area contributed by atoms with Crippen molar-refractivity contribution in [3.63, 3.8) is 0 Å². The number of benzene rings is 1. The second-order valence-electron chi connectivity index (χ2n) is 3.89. The van der Waals surface area contributed by atoms with Crippen LogP contribution in [0.4, 0.5) is 0 Å². The van der Waals surface area contributed by atoms with Crippen molar-refractivity contribution in [2.24, 2.45) is 0 Å². The van der Waals surface area contributed by atoms with E-state index in [0.717, 1.165) is 0 Å². The van der Waals surface area contributed by atoms with Gasteiger partial charge >= 0.3 is 5.97 Å². The van der Waals surface area contributed by atoms with Crippen LogP contribution >= 0.6 is 0 Å². The van der Waals surface area contributed by atoms with Gasteiger partial charge in [0.15, 0.2) is 11.5 Å². The van der Waals surface area contributed by atoms with Gasteiger partial charge in [0.2, 0.25) is 5.75 Å². The molecule has 1 aromatic carbocycles. The lowest BCUT2D eigenvalue weighted by molar-refractivity contribution is -0.137. The van der Waals surface area contributed by atoms with Crippen LogP contribution in [-0.2, 0) is 9.53 Å². The van der Waals surface area contributed by atoms with Gasteiger partial charge in [0.1, 0.15) is 0 Å². The van der Waals surface area contributed by atoms with Gasteiger partial charge in [0, 0.05) is 6.42 Å². The fourth-order valence-electron chi connectivity index (χ4n) is 1.71. The predicted molar refractivity (Wildman–Crippen MR) is 64.7 cm³/mol. The zero-order chi connectivity index (χ0) is 13.8. The van der Waals surface area contributed by atoms with Crippen LogP contribution in [0.25, 0.3) is 0 Å². The number of fused-ring (bicyclic) bond motifs is 1. The number of ether oxygens (including phenoxy) is 3. The summed E-state index contributed by atoms with van der Waals surface area (Å²) in [5, 5.41) is 10.0. The third-order valence-corrected chi connectivity index (χ3v) is 2.59. The molecule has 19 heavy (non-hydrogen) atoms. The van der Waals surface area contributed by atoms with Crippen molar-refractivity contribution < 1.29 is 28.9 Å². The molecule has 1 aromatic rings. The van der Waals surface area contributed by atoms with E-state index in [0.29, 0.717) is 25.4 Å². The highest BCUT2D eigenvalue weighted by molar-refractivity contribution is 6.41. The average molecular weight is 266 g/mol. The number of carbonyl (C=O) groups is 2. The minimum absolute atomic E-state index is 0.0904. The first kappa shape index (κ1) is 13.2. The quantitative estimate of drug-likeness (QED) is 0.504. The second kappa shape index (κ2) is 5.60. The molecule has 0 fully saturated rings. The number of ketones is 1. The van der Waals surface area contributed by atoms with Crippen LogP contribution in [0.5, 0.6) is 17.2 Å². The molecule has 2 rings (SSSR count). The molecule has 0 aromatic heterocycles. The maximum atomic E-state index is 11.8. The zero-order valence-corrected chi connectivity index (χ0v) is 10.5. The van der Waals surface area contributed by atoms with E-state index >= 15 is 0 Å². The molecule has 0 unspecified atom stereocenters. The van der Waals surface area contributed by atoms with Crippen molar-refractivity contribution >= 4 is 11.8 Å². The Hall–Kier alpha value is -2.24. The van der Waals surface area contributed by atoms with Crippen LogP contribution < -0.4 is 9.47 Å². The minimum atomic E-state index is -1.01. The number of hydrogen-bond donors (Lipinski definition) is 1. The first-order chi connectivity index (χ1) is 9.15. The summed E-state index contributed by atoms with van der Waals surface area (Å²) in [4.78, 5) is 23.2. The molecule has 0 aliphatic carbocycles. The summed E-state index contributed by atoms with van der Waals surface area (Å²) in [5.74, 6) is -1.86. The molecule has 6 heteroatoms. The summed E-state index contributed by atoms with van der Waals surface area (Å²) in [7, 11) is 0. The minimum Gasteiger partial charge on any atom is -0.504 e. The lowest BCUT2D eigenvalue weighted by Gasteiger charge is -2.11. The van der Waals surface area contributed by atoms with Gasteiger partial charge in [-0.15, -0.1) is 0 Å². The van der Waals surface area contributed by atoms with Gasteiger partial charge in [0.05, 0.1) is 25.4 Å². The molecule has 1 aliphatic rings. The molecular formula is C13H14O6. The van der Waals surface area contributed by atoms with Gasteiger partial charge in [0.25, 0.3) is 5.78 Å². The van der Waals surface area contributed by atoms with E-state index < -0.39 is 17.5 Å². The Morgan fingerprint density at radius 2 is 2.05 bits per heavy atom. The molecule has 102 valence electrons. The summed E-state index contributed by atoms with van der Waals surface area (Å²) in [5.41, 5.74) is -0.150. The van der Waals surface area contributed by atoms with Crippen LogP contribution in [0.3, 0.4) is 0 Å². The van der Waals surface area contributed by atoms with E-state index in [2.05, 4.69) is 4.74 Å². The summed E-state index contributed by atoms with van der Waals surface area (Å²) in [6.45, 7) is 2.53. The molecule has 0 radical (unpaired) electrons. The van der Waals surface area contributed by atoms with E-state index in [4.69, 9.17) is 9.47 Å². The smallest absolute Gasteiger partial charge is 0.379 e. The third-order valence-electron chi connectivity index (χ3n) is 2.59. The van der Waals surface area contributed by atoms with Crippen molar-refractivity contribution in [3.05, 3.63) is 17.7 Å². The number of Topliss-reactive ketones (excluding diaryl/α,β-unsaturated/α-hetero) is 1. The first-order valence-electron chi connectivity index (χ1n) is 5.98. The predicted octanol–water partition coefficient (Wildman–Crippen LogP) is 1.30. The third kappa shape index (κ3) is 2.62. The largest absolute Gasteiger partial charge is 0.504 e. The highest BCUT2D eigenvalue weighted by Gasteiger charge is 2.26. The Labute approximate surface area is 109 Å². The Bertz CT molecular complexity index is 508. The molecule has 0 atom stereocenters. The molecular weight excluding hydrogens is 252 g/mol. The highest BCUT2D eigenvalue weighted by Crippen LogP contribution is 2.40. The standard InChI is InChI=1S/C13H14O6/c1-2-17-13(16)11(15)8-4-5-9-12(10(8)14)19-7-3-6-18-9/h4-5,14H,2-3,6-7H2,1H3. The Morgan fingerprint density at radius 1 is 1.32 bits per heavy atom. The van der Waals surface area contributed by atoms with Crippen molar-refractivity contribution in [2.45, 2.75) is 13.3 Å². The van der Waals surface area contributed by atoms with Crippen LogP contribution in [0.2, 0.25) is 0 Å². The lowest BCUT2D eigenvalue weighted by Crippen LogP contribution is -2.17. The lowest BCUT2D eigenvalue weighted by atomic mass is 10.1. The van der Waals surface area contributed by atoms with E-state index in [1.807, 2.05) is 0 Å². The summed E-state index contributed by atoms with van der Waals surface area (Å²) in [6, 6.07) is 2.81. The molecule has 0 spiro atoms. The van der Waals surface area contributed by atoms with Crippen LogP contribution in [0.1, 0.15) is 23.7 Å². The van der Waals surface area contributed by atoms with Gasteiger partial charge in [-0.1, -0.05) is 0 Å². The fraction of sp³-hybridized carbons (Fsp3) is 0.385. The Morgan fingerprint density at radius 3 is 2.79 bits per heavy atom. The summed E-state index contributed by atoms with van der Waals surface area (Å²) in [6.07, 6.45) is 0.676. The molecule has 0 saturated carbocycles. The molecule has 0 bridgehead atoms. The van der Waals surface area contributed by atoms with Gasteiger partial charge in [-0.3, -0.25) is 4.79 Å². The molecule has 0 amide bonds. The van der Waals surface area contributed by atoms with Crippen molar-refractivity contribution in [2.75, 3.05) is 19.8 Å². The van der Waals surface area contributed by atoms with E-state index in [-0.39, 0.29) is 17.9 Å². The Balaban J connectivity index is 2.35. The van der Waals surface area contributed by atoms with E-state index in [9.17, 15) is 14.7 Å². The second-order valence-corrected chi connectivity index (χ2v) is 3.89. The summed E-state index contributed by atoms with van der Waals surface area (Å²) < 4.78 is 15.3. The van der Waals surface area contributed by atoms with Gasteiger partial charge < -0.3 is 19.3 Å². The first-order valence-corrected chi connectivity index (χ1v) is 5.98. The van der Waals surface area contributed by atoms with Crippen LogP contribution in [-0.4, -0.2) is 36.7 Å². The number of carbonyl (C=O) groups excluding carboxylic acids is 2. The van der Waals surface area contributed by atoms with Crippen molar-refractivity contribution in [1.82, 2.24) is 0 Å². The van der Waals surface area contributed by atoms with Crippen molar-refractivity contribution in [3.8, 4) is 17.2 Å². The zero-order valence-electron chi connectivity index (χ0n) is 10.5. The van der Waals surface area contributed by atoms with Crippen molar-refractivity contribution in [1.29, 1.82) is 0 Å². The fourth-order valence-corrected chi connectivity index (χ4v) is 1.71. The summed E-state index contributed by atoms with van der Waals surface area (Å²) >= 11 is 0. The van der Waals surface area contributed by atoms with Gasteiger partial charge in [-0.05, 0) is 19.1 Å². The molecule has 6 nitrogen and oxygen atoms in total. The van der Waals surface area contributed by atoms with E-state index in [1.165, 1.54) is 12.1 Å². The monoisotopic (exact) mass is 266 g/mol. The van der Waals surface area contributed by atoms with Gasteiger partial charge in [-0.25, -0.2) is 4.79 Å². The van der Waals surface area contributed by atoms with Gasteiger partial charge in [-0.2, -0.15) is 0 Å². The normalized spacial score (nSPS) is 13.5. The molecule has 0 saturated heterocycles. The number of hydrogen-bond acceptors (Lipinski definition) is 6. The number of rotatable bonds is 3. The maximum Gasteiger partial charge on any atom is 0.379 e. The maximum absolute atomic E-state index is 11.8. The highest BCUT2D eigenvalue weighted by atomic mass is 16.5. The Kier molecular flexibility index (Phi) is 3.89. The molecule has 1 N–H and O–H groups in total. The average Bonchev–Trinajstić information content (AvgIpc) is 2.64. The van der Waals surface area contributed by atoms with Crippen LogP contribution in [0, 0.1) is 0 Å². The SMILES string of the molecule is CCOC(=O)C(=O)c1ccc2c(c1O)OCCCO2. The van der Waals surface area contributed by atoms with E-state index in [1.54, 1.807) is 6.92 Å². The molecule has 1 aliphatic heterocycles. The number of phenols is 1. The number of phenolic OH excluding ortho intramolecular Hbond substituents is 1. The topological polar surface area (TPSA) is 82.1 Å². The number of esters is 1. The molecule has 1 heterocycles. The van der Waals surface area contributed by atoms with Crippen LogP contribution in [0.15, 0.2) is 12.1 Å². The number of aromatic hydroxyl groups is 1.